The molecule has 102 heavy (non-hydrogen) atoms. The van der Waals surface area contributed by atoms with E-state index in [-0.39, 0.29) is 34.1 Å². The van der Waals surface area contributed by atoms with Gasteiger partial charge in [0.25, 0.3) is 0 Å². The van der Waals surface area contributed by atoms with Crippen LogP contribution in [0.4, 0.5) is 22.7 Å². The van der Waals surface area contributed by atoms with E-state index in [1.165, 1.54) is 76.3 Å². The molecule has 0 heterocycles. The predicted molar refractivity (Wildman–Crippen MR) is 451 cm³/mol. The molecular weight excluding hydrogens is 1370 g/mol. The van der Waals surface area contributed by atoms with E-state index in [0.717, 1.165) is 45.6 Å². The minimum Gasteiger partial charge on any atom is -0.661 e. The Kier molecular flexibility index (Phi) is 35.9. The molecule has 0 amide bonds. The molecule has 10 aromatic rings. The Morgan fingerprint density at radius 3 is 0.578 bits per heavy atom. The number of allylic oxidation sites excluding steroid dienone is 4. The van der Waals surface area contributed by atoms with Crippen molar-refractivity contribution < 1.29 is 34.1 Å². The molecule has 8 heteroatoms. The number of para-hydroxylation sites is 4. The van der Waals surface area contributed by atoms with E-state index >= 15 is 0 Å². The molecule has 10 aromatic carbocycles. The molecule has 0 N–H and O–H groups in total. The van der Waals surface area contributed by atoms with Gasteiger partial charge in [0.2, 0.25) is 0 Å². The third-order valence-electron chi connectivity index (χ3n) is 17.7. The fourth-order valence-electron chi connectivity index (χ4n) is 12.6. The molecule has 0 bridgehead atoms. The molecule has 0 unspecified atom stereocenters. The summed E-state index contributed by atoms with van der Waals surface area (Å²) in [4.78, 5) is 10.2. The van der Waals surface area contributed by atoms with Crippen molar-refractivity contribution in [1.29, 1.82) is 0 Å². The summed E-state index contributed by atoms with van der Waals surface area (Å²) >= 11 is 0. The van der Waals surface area contributed by atoms with Crippen LogP contribution in [0, 0.1) is 0 Å². The molecule has 540 valence electrons. The number of nitrogens with zero attached hydrogens (tertiary/aromatic N) is 4. The van der Waals surface area contributed by atoms with Crippen LogP contribution in [-0.2, 0) is 34.1 Å². The number of hydrogen-bond donors (Lipinski definition) is 0. The van der Waals surface area contributed by atoms with Gasteiger partial charge in [-0.3, -0.25) is 9.98 Å². The third-order valence-corrected chi connectivity index (χ3v) is 23.2. The molecule has 10 rings (SSSR count). The van der Waals surface area contributed by atoms with Crippen LogP contribution in [-0.4, -0.2) is 11.4 Å². The summed E-state index contributed by atoms with van der Waals surface area (Å²) < 4.78 is 0. The van der Waals surface area contributed by atoms with Gasteiger partial charge >= 0.3 is 34.1 Å². The van der Waals surface area contributed by atoms with Crippen molar-refractivity contribution in [3.63, 3.8) is 0 Å². The summed E-state index contributed by atoms with van der Waals surface area (Å²) in [7, 11) is -1.75. The Bertz CT molecular complexity index is 3670. The number of rotatable bonds is 22. The van der Waals surface area contributed by atoms with E-state index in [1.54, 1.807) is 0 Å². The second-order valence-corrected chi connectivity index (χ2v) is 33.6. The molecule has 0 spiro atoms. The van der Waals surface area contributed by atoms with Crippen molar-refractivity contribution in [2.24, 2.45) is 9.98 Å². The van der Waals surface area contributed by atoms with Crippen molar-refractivity contribution in [2.75, 3.05) is 0 Å². The Balaban J connectivity index is 0.000000249. The quantitative estimate of drug-likeness (QED) is 0.0369. The Morgan fingerprint density at radius 1 is 0.245 bits per heavy atom. The maximum absolute atomic E-state index is 5.08. The smallest absolute Gasteiger partial charge is 0.661 e. The second kappa shape index (κ2) is 43.0. The molecular formula is C94H114Cu2N4P2+2. The number of aliphatic imine (C=N–C) groups is 2. The summed E-state index contributed by atoms with van der Waals surface area (Å²) in [6.07, 6.45) is 4.23. The zero-order valence-corrected chi connectivity index (χ0v) is 68.3. The van der Waals surface area contributed by atoms with E-state index < -0.39 is 15.8 Å². The zero-order chi connectivity index (χ0) is 72.4. The van der Waals surface area contributed by atoms with Gasteiger partial charge in [0.1, 0.15) is 31.8 Å². The molecule has 4 nitrogen and oxygen atoms in total. The van der Waals surface area contributed by atoms with Gasteiger partial charge < -0.3 is 10.6 Å². The van der Waals surface area contributed by atoms with Gasteiger partial charge in [-0.05, 0) is 156 Å². The first-order valence-corrected chi connectivity index (χ1v) is 39.4. The van der Waals surface area contributed by atoms with Crippen LogP contribution in [0.3, 0.4) is 0 Å². The average molecular weight is 1490 g/mol. The monoisotopic (exact) mass is 1490 g/mol. The summed E-state index contributed by atoms with van der Waals surface area (Å²) in [5, 5.41) is 18.8. The van der Waals surface area contributed by atoms with Gasteiger partial charge in [-0.2, -0.15) is 11.4 Å². The largest absolute Gasteiger partial charge is 1.00 e. The maximum Gasteiger partial charge on any atom is 1.00 e. The first kappa shape index (κ1) is 85.2. The van der Waals surface area contributed by atoms with E-state index in [4.69, 9.17) is 20.6 Å². The van der Waals surface area contributed by atoms with E-state index in [9.17, 15) is 0 Å². The van der Waals surface area contributed by atoms with Crippen LogP contribution < -0.4 is 31.8 Å². The molecule has 0 aliphatic heterocycles. The van der Waals surface area contributed by atoms with Crippen molar-refractivity contribution in [2.45, 2.75) is 186 Å². The van der Waals surface area contributed by atoms with Gasteiger partial charge in [0, 0.05) is 11.4 Å². The van der Waals surface area contributed by atoms with E-state index in [1.807, 2.05) is 0 Å². The summed E-state index contributed by atoms with van der Waals surface area (Å²) in [6, 6.07) is 91.3. The second-order valence-electron chi connectivity index (χ2n) is 28.6. The van der Waals surface area contributed by atoms with Crippen LogP contribution in [0.1, 0.15) is 230 Å². The first-order chi connectivity index (χ1) is 47.9. The normalized spacial score (nSPS) is 11.9. The first-order valence-electron chi connectivity index (χ1n) is 36.4. The van der Waals surface area contributed by atoms with Crippen molar-refractivity contribution in [3.05, 3.63) is 333 Å². The molecule has 0 fully saturated rings. The molecule has 0 radical (unpaired) electrons. The zero-order valence-electron chi connectivity index (χ0n) is 64.4. The molecule has 0 aromatic heterocycles. The van der Waals surface area contributed by atoms with Gasteiger partial charge in [-0.25, -0.2) is 0 Å². The topological polar surface area (TPSA) is 52.9 Å². The minimum atomic E-state index is -0.877. The summed E-state index contributed by atoms with van der Waals surface area (Å²) in [6.45, 7) is 44.1. The van der Waals surface area contributed by atoms with Crippen LogP contribution in [0.2, 0.25) is 0 Å². The van der Waals surface area contributed by atoms with Crippen LogP contribution >= 0.6 is 15.8 Å². The molecule has 0 saturated heterocycles. The van der Waals surface area contributed by atoms with Gasteiger partial charge in [0.05, 0.1) is 27.2 Å². The maximum atomic E-state index is 5.08. The summed E-state index contributed by atoms with van der Waals surface area (Å²) in [5.74, 6) is 3.49. The van der Waals surface area contributed by atoms with Crippen molar-refractivity contribution in [3.8, 4) is 0 Å². The van der Waals surface area contributed by atoms with Crippen molar-refractivity contribution >= 4 is 81.8 Å². The Hall–Kier alpha value is -7.48. The van der Waals surface area contributed by atoms with Crippen molar-refractivity contribution in [1.82, 2.24) is 0 Å². The fraction of sp³-hybridized carbons (Fsp3) is 0.298. The average Bonchev–Trinajstić information content (AvgIpc) is 0.850. The van der Waals surface area contributed by atoms with E-state index in [0.29, 0.717) is 47.3 Å². The number of benzene rings is 10. The Morgan fingerprint density at radius 2 is 0.412 bits per heavy atom. The third kappa shape index (κ3) is 24.9. The molecule has 0 atom stereocenters. The minimum absolute atomic E-state index is 0. The molecule has 0 saturated carbocycles. The fourth-order valence-corrected chi connectivity index (χ4v) is 17.8. The predicted octanol–water partition coefficient (Wildman–Crippen LogP) is 26.1. The molecule has 0 aliphatic carbocycles. The summed E-state index contributed by atoms with van der Waals surface area (Å²) in [5.41, 5.74) is 18.9. The van der Waals surface area contributed by atoms with Crippen LogP contribution in [0.25, 0.3) is 10.6 Å². The van der Waals surface area contributed by atoms with Gasteiger partial charge in [0.15, 0.2) is 0 Å². The van der Waals surface area contributed by atoms with E-state index in [2.05, 4.69) is 405 Å². The van der Waals surface area contributed by atoms with Crippen LogP contribution in [0.15, 0.2) is 288 Å². The SMILES string of the molecule is CC(/C=C(/C)[N-]c1c(C(C)C)cccc1C(C)C)=Nc1c(C(C)C)cccc1C(C)C.CC(/C=C(/C)[N-]c1c(C(C)C)cccc1C(C)C)=Nc1c(C(C)C)cccc1C(C)C.[Cu+].[Cu+].c1ccc([PH+](c2ccccc2)c2ccccc2)cc1.c1ccc([PH+](c2ccccc2)c2ccccc2)cc1. The number of hydrogen-bond acceptors (Lipinski definition) is 2. The van der Waals surface area contributed by atoms with Crippen LogP contribution in [0.5, 0.6) is 0 Å². The standard InChI is InChI=1S/2C29H41N2.2C18H15P.2Cu/c2*1-18(2)24-13-11-14-25(19(3)4)28(24)30-22(9)17-23(10)31-29-26(20(5)6)15-12-16-27(29)21(7)8;2*1-4-10-16(11-5-1)19(17-12-6-2-7-13-17)18-14-8-3-9-15-18;;/h2*11-21H,1-10H3;2*1-15H;;/q2*-1;;;2*+1/p+2/b2*22-17-,31-23?;;;;. The molecule has 0 aliphatic rings. The van der Waals surface area contributed by atoms with Gasteiger partial charge in [-0.15, -0.1) is 11.4 Å². The Labute approximate surface area is 640 Å². The van der Waals surface area contributed by atoms with Gasteiger partial charge in [-0.1, -0.05) is 341 Å².